The van der Waals surface area contributed by atoms with Crippen molar-refractivity contribution in [1.82, 2.24) is 0 Å². The summed E-state index contributed by atoms with van der Waals surface area (Å²) < 4.78 is 68.3. The van der Waals surface area contributed by atoms with Gasteiger partial charge in [0.15, 0.2) is 12.2 Å². The molecule has 0 aromatic carbocycles. The van der Waals surface area contributed by atoms with Gasteiger partial charge in [0.1, 0.15) is 19.3 Å². The lowest BCUT2D eigenvalue weighted by molar-refractivity contribution is -0.161. The van der Waals surface area contributed by atoms with Gasteiger partial charge >= 0.3 is 39.5 Å². The molecule has 0 aliphatic rings. The van der Waals surface area contributed by atoms with Crippen LogP contribution in [0.2, 0.25) is 0 Å². The second-order valence-corrected chi connectivity index (χ2v) is 29.0. The minimum Gasteiger partial charge on any atom is -0.462 e. The van der Waals surface area contributed by atoms with Gasteiger partial charge in [-0.15, -0.1) is 0 Å². The van der Waals surface area contributed by atoms with E-state index in [9.17, 15) is 43.2 Å². The fourth-order valence-corrected chi connectivity index (χ4v) is 12.1. The van der Waals surface area contributed by atoms with Crippen molar-refractivity contribution in [1.29, 1.82) is 0 Å². The average molecular weight is 1350 g/mol. The molecule has 7 atom stereocenters. The largest absolute Gasteiger partial charge is 0.472 e. The summed E-state index contributed by atoms with van der Waals surface area (Å²) >= 11 is 0. The molecule has 0 radical (unpaired) electrons. The lowest BCUT2D eigenvalue weighted by atomic mass is 9.99. The van der Waals surface area contributed by atoms with Crippen LogP contribution in [0.4, 0.5) is 0 Å². The van der Waals surface area contributed by atoms with Gasteiger partial charge in [-0.2, -0.15) is 0 Å². The molecule has 0 aliphatic carbocycles. The van der Waals surface area contributed by atoms with E-state index in [4.69, 9.17) is 37.0 Å². The molecule has 17 nitrogen and oxygen atoms in total. The molecule has 0 amide bonds. The number of unbranched alkanes of at least 4 members (excludes halogenated alkanes) is 35. The quantitative estimate of drug-likeness (QED) is 0.0169. The third-order valence-electron chi connectivity index (χ3n) is 17.1. The minimum atomic E-state index is -4.96. The van der Waals surface area contributed by atoms with Crippen LogP contribution < -0.4 is 0 Å². The molecule has 3 N–H and O–H groups in total. The standard InChI is InChI=1S/C73H138O17P2/c1-7-11-13-15-17-19-20-21-22-23-24-33-39-45-51-57-72(77)89-69(62-84-71(76)56-50-44-38-32-27-25-30-35-41-47-53-65(5)9-3)64-88-92(81,82)86-60-67(74)59-85-91(79,80)87-63-68(61-83-70(75)55-49-43-37-29-18-16-14-12-8-2)90-73(78)58-52-46-40-34-28-26-31-36-42-48-54-66(6)10-4/h19-22,65-69,74H,7-18,23-64H2,1-6H3,(H,79,80)(H,81,82)/b20-19-,22-21-/t65?,66?,67-,68+,69+/m0/s1. The maximum atomic E-state index is 13.0. The van der Waals surface area contributed by atoms with Crippen LogP contribution in [-0.2, 0) is 65.4 Å². The van der Waals surface area contributed by atoms with E-state index in [2.05, 4.69) is 65.8 Å². The van der Waals surface area contributed by atoms with Crippen LogP contribution in [0.25, 0.3) is 0 Å². The van der Waals surface area contributed by atoms with Gasteiger partial charge in [0.2, 0.25) is 0 Å². The number of rotatable bonds is 70. The second-order valence-electron chi connectivity index (χ2n) is 26.1. The first kappa shape index (κ1) is 89.5. The monoisotopic (exact) mass is 1350 g/mol. The highest BCUT2D eigenvalue weighted by atomic mass is 31.2. The Morgan fingerprint density at radius 2 is 0.609 bits per heavy atom. The maximum Gasteiger partial charge on any atom is 0.472 e. The van der Waals surface area contributed by atoms with Crippen molar-refractivity contribution < 1.29 is 80.2 Å². The van der Waals surface area contributed by atoms with Crippen LogP contribution in [0.1, 0.15) is 350 Å². The number of ether oxygens (including phenoxy) is 4. The van der Waals surface area contributed by atoms with Crippen molar-refractivity contribution in [2.75, 3.05) is 39.6 Å². The van der Waals surface area contributed by atoms with Crippen molar-refractivity contribution in [2.24, 2.45) is 11.8 Å². The van der Waals surface area contributed by atoms with E-state index in [-0.39, 0.29) is 25.7 Å². The predicted molar refractivity (Wildman–Crippen MR) is 372 cm³/mol. The van der Waals surface area contributed by atoms with Gasteiger partial charge in [0.25, 0.3) is 0 Å². The summed E-state index contributed by atoms with van der Waals surface area (Å²) in [5, 5.41) is 10.6. The van der Waals surface area contributed by atoms with Crippen LogP contribution in [0.3, 0.4) is 0 Å². The number of phosphoric acid groups is 2. The number of esters is 4. The molecule has 0 aliphatic heterocycles. The molecule has 92 heavy (non-hydrogen) atoms. The predicted octanol–water partition coefficient (Wildman–Crippen LogP) is 20.7. The molecule has 0 saturated carbocycles. The smallest absolute Gasteiger partial charge is 0.462 e. The minimum absolute atomic E-state index is 0.0848. The number of carbonyl (C=O) groups excluding carboxylic acids is 4. The molecular formula is C73H138O17P2. The maximum absolute atomic E-state index is 13.0. The SMILES string of the molecule is CCCCCC/C=C\C=C/CCCCCCCC(=O)O[C@H](COC(=O)CCCCCCCCCCCCC(C)CC)COP(=O)(O)OC[C@@H](O)COP(=O)(O)OC[C@@H](COC(=O)CCCCCCCCCCC)OC(=O)CCCCCCCCCCCCC(C)CC. The molecule has 0 fully saturated rings. The van der Waals surface area contributed by atoms with Gasteiger partial charge in [0.05, 0.1) is 26.4 Å². The molecule has 0 saturated heterocycles. The number of hydrogen-bond donors (Lipinski definition) is 3. The molecule has 0 spiro atoms. The van der Waals surface area contributed by atoms with Crippen LogP contribution in [0, 0.1) is 11.8 Å². The summed E-state index contributed by atoms with van der Waals surface area (Å²) in [5.41, 5.74) is 0. The zero-order valence-electron chi connectivity index (χ0n) is 59.3. The van der Waals surface area contributed by atoms with Gasteiger partial charge in [-0.1, -0.05) is 297 Å². The molecule has 19 heteroatoms. The molecule has 542 valence electrons. The molecular weight excluding hydrogens is 1210 g/mol. The first-order chi connectivity index (χ1) is 44.4. The number of aliphatic hydroxyl groups excluding tert-OH is 1. The Balaban J connectivity index is 5.29. The summed E-state index contributed by atoms with van der Waals surface area (Å²) in [6.07, 6.45) is 53.3. The van der Waals surface area contributed by atoms with Gasteiger partial charge in [-0.3, -0.25) is 37.3 Å². The summed E-state index contributed by atoms with van der Waals surface area (Å²) in [6, 6.07) is 0. The van der Waals surface area contributed by atoms with Crippen molar-refractivity contribution in [3.05, 3.63) is 24.3 Å². The Labute approximate surface area is 561 Å². The van der Waals surface area contributed by atoms with Gasteiger partial charge in [0, 0.05) is 25.7 Å². The number of allylic oxidation sites excluding steroid dienone is 4. The first-order valence-corrected chi connectivity index (χ1v) is 40.4. The average Bonchev–Trinajstić information content (AvgIpc) is 1.60. The molecule has 0 heterocycles. The second kappa shape index (κ2) is 64.5. The van der Waals surface area contributed by atoms with Crippen LogP contribution in [0.15, 0.2) is 24.3 Å². The lowest BCUT2D eigenvalue weighted by Gasteiger charge is -2.21. The Hall–Kier alpha value is -2.46. The van der Waals surface area contributed by atoms with Gasteiger partial charge in [-0.25, -0.2) is 9.13 Å². The van der Waals surface area contributed by atoms with E-state index >= 15 is 0 Å². The van der Waals surface area contributed by atoms with E-state index in [0.29, 0.717) is 25.7 Å². The first-order valence-electron chi connectivity index (χ1n) is 37.4. The molecule has 0 rings (SSSR count). The summed E-state index contributed by atoms with van der Waals surface area (Å²) in [5.74, 6) is -0.543. The number of carbonyl (C=O) groups is 4. The Kier molecular flexibility index (Phi) is 62.8. The van der Waals surface area contributed by atoms with E-state index in [0.717, 1.165) is 115 Å². The highest BCUT2D eigenvalue weighted by molar-refractivity contribution is 7.47. The molecule has 0 aromatic rings. The van der Waals surface area contributed by atoms with Crippen molar-refractivity contribution in [3.8, 4) is 0 Å². The van der Waals surface area contributed by atoms with Crippen molar-refractivity contribution >= 4 is 39.5 Å². The molecule has 4 unspecified atom stereocenters. The highest BCUT2D eigenvalue weighted by Gasteiger charge is 2.30. The number of hydrogen-bond acceptors (Lipinski definition) is 15. The van der Waals surface area contributed by atoms with Crippen molar-refractivity contribution in [2.45, 2.75) is 368 Å². The third kappa shape index (κ3) is 63.6. The fourth-order valence-electron chi connectivity index (χ4n) is 10.5. The summed E-state index contributed by atoms with van der Waals surface area (Å²) in [7, 11) is -9.92. The van der Waals surface area contributed by atoms with E-state index in [1.165, 1.54) is 154 Å². The van der Waals surface area contributed by atoms with E-state index in [1.807, 2.05) is 0 Å². The van der Waals surface area contributed by atoms with Crippen LogP contribution in [0.5, 0.6) is 0 Å². The Morgan fingerprint density at radius 1 is 0.348 bits per heavy atom. The van der Waals surface area contributed by atoms with Crippen LogP contribution >= 0.6 is 15.6 Å². The number of phosphoric ester groups is 2. The fraction of sp³-hybridized carbons (Fsp3) is 0.890. The van der Waals surface area contributed by atoms with E-state index in [1.54, 1.807) is 0 Å². The number of aliphatic hydroxyl groups is 1. The zero-order chi connectivity index (χ0) is 67.9. The Morgan fingerprint density at radius 3 is 0.924 bits per heavy atom. The zero-order valence-corrected chi connectivity index (χ0v) is 61.1. The topological polar surface area (TPSA) is 237 Å². The normalized spacial score (nSPS) is 14.8. The summed E-state index contributed by atoms with van der Waals surface area (Å²) in [4.78, 5) is 72.6. The Bertz CT molecular complexity index is 1880. The molecule has 0 aromatic heterocycles. The van der Waals surface area contributed by atoms with Gasteiger partial charge < -0.3 is 33.8 Å². The lowest BCUT2D eigenvalue weighted by Crippen LogP contribution is -2.30. The van der Waals surface area contributed by atoms with Crippen molar-refractivity contribution in [3.63, 3.8) is 0 Å². The van der Waals surface area contributed by atoms with Crippen LogP contribution in [-0.4, -0.2) is 96.7 Å². The van der Waals surface area contributed by atoms with E-state index < -0.39 is 97.5 Å². The molecule has 0 bridgehead atoms. The third-order valence-corrected chi connectivity index (χ3v) is 19.0. The summed E-state index contributed by atoms with van der Waals surface area (Å²) in [6.45, 7) is 9.54. The highest BCUT2D eigenvalue weighted by Crippen LogP contribution is 2.45. The van der Waals surface area contributed by atoms with Gasteiger partial charge in [-0.05, 0) is 63.2 Å².